The maximum atomic E-state index is 14.3. The van der Waals surface area contributed by atoms with Crippen LogP contribution >= 0.6 is 0 Å². The molecular formula is C70H96N8O22. The van der Waals surface area contributed by atoms with E-state index >= 15 is 0 Å². The third kappa shape index (κ3) is 14.7. The van der Waals surface area contributed by atoms with Crippen LogP contribution in [-0.2, 0) is 83.2 Å². The van der Waals surface area contributed by atoms with Gasteiger partial charge in [-0.15, -0.1) is 0 Å². The Labute approximate surface area is 580 Å². The van der Waals surface area contributed by atoms with E-state index in [4.69, 9.17) is 30.4 Å². The summed E-state index contributed by atoms with van der Waals surface area (Å²) < 4.78 is 20.5. The van der Waals surface area contributed by atoms with Gasteiger partial charge in [0.15, 0.2) is 22.8 Å². The standard InChI is InChI=1S/2C35H48N4O11/c1-16(2)32(46)49-15-50-33(47)39(14-34(3,4)5)13-18-12-21(37(6)7)19-10-17-11-20-25(38(8)9)28(42)24(31(36)45)30(44)35(20,48)29(43)22(17)27(41)23(19)26(18)40;1-9-10-22(40)49-16-50-33(47)39(15-34(2,3)4)14-18-13-21(37(5)6)19-11-17-12-20-26(38(7)8)29(43)25(32(36)46)31(45)35(20,48)30(44)23(17)28(42)24(19)27(18)41/h12,16-17,20,25,40-41,44,48H,10-11,13-15H2,1-9H3,(H2,36,45);13,17,20,26,41-42,45,48H,9-12,14-16H2,1-8H3,(H2,36,46)/t17-,20-,25-,35-;17-,20-,26-,35-/m00/s1. The highest BCUT2D eigenvalue weighted by molar-refractivity contribution is 6.26. The van der Waals surface area contributed by atoms with Crippen LogP contribution in [0.4, 0.5) is 21.0 Å². The van der Waals surface area contributed by atoms with Gasteiger partial charge in [0, 0.05) is 93.2 Å². The van der Waals surface area contributed by atoms with E-state index in [0.29, 0.717) is 28.9 Å². The molecule has 100 heavy (non-hydrogen) atoms. The molecule has 0 aliphatic heterocycles. The Morgan fingerprint density at radius 1 is 0.570 bits per heavy atom. The van der Waals surface area contributed by atoms with Crippen LogP contribution < -0.4 is 21.3 Å². The highest BCUT2D eigenvalue weighted by Crippen LogP contribution is 2.57. The summed E-state index contributed by atoms with van der Waals surface area (Å²) in [6, 6.07) is 0.938. The number of hydrogen-bond acceptors (Lipinski definition) is 26. The number of nitrogens with two attached hydrogens (primary N) is 2. The van der Waals surface area contributed by atoms with Crippen molar-refractivity contribution >= 4 is 82.0 Å². The number of primary amides is 2. The van der Waals surface area contributed by atoms with Crippen molar-refractivity contribution in [1.29, 1.82) is 0 Å². The zero-order chi connectivity index (χ0) is 75.4. The first-order valence-electron chi connectivity index (χ1n) is 32.8. The number of esters is 2. The molecule has 6 aliphatic carbocycles. The Bertz CT molecular complexity index is 3850. The van der Waals surface area contributed by atoms with Crippen LogP contribution in [-0.4, -0.2) is 226 Å². The summed E-state index contributed by atoms with van der Waals surface area (Å²) in [5.74, 6) is -16.4. The molecule has 0 unspecified atom stereocenters. The number of likely N-dealkylation sites (N-methyl/N-ethyl adjacent to an activating group) is 2. The number of benzene rings is 2. The van der Waals surface area contributed by atoms with E-state index in [1.54, 1.807) is 70.9 Å². The highest BCUT2D eigenvalue weighted by Gasteiger charge is 2.66. The van der Waals surface area contributed by atoms with Crippen LogP contribution in [0.5, 0.6) is 11.5 Å². The molecule has 6 aliphatic rings. The first kappa shape index (κ1) is 78.1. The first-order valence-corrected chi connectivity index (χ1v) is 32.8. The topological polar surface area (TPSA) is 441 Å². The lowest BCUT2D eigenvalue weighted by molar-refractivity contribution is -0.157. The van der Waals surface area contributed by atoms with Gasteiger partial charge in [-0.3, -0.25) is 48.2 Å². The van der Waals surface area contributed by atoms with Crippen molar-refractivity contribution in [3.05, 3.63) is 79.3 Å². The summed E-state index contributed by atoms with van der Waals surface area (Å²) in [4.78, 5) is 139. The molecule has 548 valence electrons. The third-order valence-electron chi connectivity index (χ3n) is 18.8. The third-order valence-corrected chi connectivity index (χ3v) is 18.8. The Balaban J connectivity index is 0.000000281. The van der Waals surface area contributed by atoms with E-state index in [1.807, 2.05) is 41.5 Å². The molecule has 0 saturated heterocycles. The molecule has 2 fully saturated rings. The number of nitrogens with zero attached hydrogens (tertiary/aromatic N) is 6. The SMILES string of the molecule is CC(C)C(=O)OCOC(=O)N(Cc1cc(N(C)C)c2c(c1O)C(O)=C1C(=O)[C@]3(O)C(O)=C(C(N)=O)C(=O)[C@@H](N(C)C)[C@@H]3C[C@@H]1C2)CC(C)(C)C.CCCC(=O)OCOC(=O)N(Cc1cc(N(C)C)c2c(c1O)C(O)=C1C(=O)[C@]3(O)C(O)=C(C(N)=O)C(=O)[C@@H](N(C)C)[C@@H]3C[C@@H]1C2)CC(C)(C)C. The number of fused-ring (bicyclic) bond motifs is 6. The minimum Gasteiger partial charge on any atom is -0.508 e. The van der Waals surface area contributed by atoms with Gasteiger partial charge in [-0.2, -0.15) is 0 Å². The van der Waals surface area contributed by atoms with Crippen LogP contribution in [0.1, 0.15) is 121 Å². The molecule has 0 radical (unpaired) electrons. The second kappa shape index (κ2) is 29.1. The summed E-state index contributed by atoms with van der Waals surface area (Å²) in [6.07, 6.45) is -0.807. The predicted molar refractivity (Wildman–Crippen MR) is 361 cm³/mol. The number of phenolic OH excluding ortho intramolecular Hbond substituents is 2. The Morgan fingerprint density at radius 3 is 1.22 bits per heavy atom. The minimum absolute atomic E-state index is 0.0465. The first-order chi connectivity index (χ1) is 46.2. The van der Waals surface area contributed by atoms with Crippen molar-refractivity contribution in [2.24, 2.45) is 51.9 Å². The van der Waals surface area contributed by atoms with Crippen LogP contribution in [0.15, 0.2) is 45.9 Å². The second-order valence-corrected chi connectivity index (χ2v) is 30.0. The van der Waals surface area contributed by atoms with Gasteiger partial charge >= 0.3 is 24.1 Å². The number of phenols is 2. The van der Waals surface area contributed by atoms with Gasteiger partial charge in [-0.05, 0) is 106 Å². The lowest BCUT2D eigenvalue weighted by atomic mass is 9.57. The van der Waals surface area contributed by atoms with E-state index in [1.165, 1.54) is 47.8 Å². The smallest absolute Gasteiger partial charge is 0.412 e. The van der Waals surface area contributed by atoms with Gasteiger partial charge in [0.05, 0.1) is 42.2 Å². The molecular weight excluding hydrogens is 1300 g/mol. The molecule has 4 amide bonds. The van der Waals surface area contributed by atoms with Crippen molar-refractivity contribution in [3.8, 4) is 11.5 Å². The number of Topliss-reactive ketones (excluding diaryl/α,β-unsaturated/α-hetero) is 4. The molecule has 30 heteroatoms. The van der Waals surface area contributed by atoms with E-state index < -0.39 is 182 Å². The monoisotopic (exact) mass is 1400 g/mol. The Kier molecular flexibility index (Phi) is 22.8. The maximum Gasteiger partial charge on any atom is 0.412 e. The summed E-state index contributed by atoms with van der Waals surface area (Å²) in [5.41, 5.74) is 4.33. The molecule has 30 nitrogen and oxygen atoms in total. The number of amides is 4. The zero-order valence-electron chi connectivity index (χ0n) is 59.8. The average molecular weight is 1400 g/mol. The van der Waals surface area contributed by atoms with Gasteiger partial charge in [-0.25, -0.2) is 9.59 Å². The molecule has 2 aromatic carbocycles. The average Bonchev–Trinajstić information content (AvgIpc) is 0.703. The number of aliphatic hydroxyl groups is 6. The minimum atomic E-state index is -2.77. The van der Waals surface area contributed by atoms with Crippen molar-refractivity contribution in [2.45, 2.75) is 137 Å². The number of carbonyl (C=O) groups excluding carboxylic acids is 10. The molecule has 12 N–H and O–H groups in total. The fraction of sp³-hybridized carbons (Fsp3) is 0.571. The summed E-state index contributed by atoms with van der Waals surface area (Å²) in [5, 5.41) is 93.2. The number of rotatable bonds is 19. The molecule has 2 saturated carbocycles. The van der Waals surface area contributed by atoms with Crippen molar-refractivity contribution < 1.29 is 108 Å². The van der Waals surface area contributed by atoms with Crippen LogP contribution in [0.25, 0.3) is 11.5 Å². The molecule has 2 aromatic rings. The van der Waals surface area contributed by atoms with E-state index in [9.17, 15) is 88.8 Å². The number of carbonyl (C=O) groups is 10. The number of ether oxygens (including phenoxy) is 4. The summed E-state index contributed by atoms with van der Waals surface area (Å²) >= 11 is 0. The normalized spacial score (nSPS) is 23.3. The largest absolute Gasteiger partial charge is 0.508 e. The quantitative estimate of drug-likeness (QED) is 0.0526. The van der Waals surface area contributed by atoms with E-state index in [0.717, 1.165) is 0 Å². The predicted octanol–water partition coefficient (Wildman–Crippen LogP) is 4.49. The van der Waals surface area contributed by atoms with Gasteiger partial charge in [0.1, 0.15) is 45.7 Å². The van der Waals surface area contributed by atoms with Gasteiger partial charge in [0.25, 0.3) is 11.8 Å². The van der Waals surface area contributed by atoms with Gasteiger partial charge in [-0.1, -0.05) is 62.3 Å². The van der Waals surface area contributed by atoms with Crippen LogP contribution in [0, 0.1) is 40.4 Å². The van der Waals surface area contributed by atoms with Gasteiger partial charge in [0.2, 0.25) is 25.2 Å². The number of anilines is 2. The van der Waals surface area contributed by atoms with Crippen LogP contribution in [0.2, 0.25) is 0 Å². The number of ketones is 4. The number of hydrogen-bond donors (Lipinski definition) is 10. The van der Waals surface area contributed by atoms with Gasteiger partial charge < -0.3 is 90.9 Å². The Hall–Kier alpha value is -9.26. The lowest BCUT2D eigenvalue weighted by Gasteiger charge is -2.50. The van der Waals surface area contributed by atoms with E-state index in [-0.39, 0.29) is 91.7 Å². The Morgan fingerprint density at radius 2 is 0.920 bits per heavy atom. The van der Waals surface area contributed by atoms with Crippen molar-refractivity contribution in [2.75, 3.05) is 92.9 Å². The maximum absolute atomic E-state index is 14.3. The van der Waals surface area contributed by atoms with Crippen LogP contribution in [0.3, 0.4) is 0 Å². The zero-order valence-corrected chi connectivity index (χ0v) is 59.8. The highest BCUT2D eigenvalue weighted by atomic mass is 16.7. The summed E-state index contributed by atoms with van der Waals surface area (Å²) in [6.45, 7) is 15.1. The van der Waals surface area contributed by atoms with E-state index in [2.05, 4.69) is 0 Å². The fourth-order valence-corrected chi connectivity index (χ4v) is 14.6. The number of aliphatic hydroxyl groups excluding tert-OH is 4. The second-order valence-electron chi connectivity index (χ2n) is 30.0. The van der Waals surface area contributed by atoms with Crippen molar-refractivity contribution in [3.63, 3.8) is 0 Å². The molecule has 8 atom stereocenters. The summed E-state index contributed by atoms with van der Waals surface area (Å²) in [7, 11) is 13.1. The molecule has 0 heterocycles. The van der Waals surface area contributed by atoms with Crippen molar-refractivity contribution in [1.82, 2.24) is 19.6 Å². The molecule has 0 aromatic heterocycles. The molecule has 0 spiro atoms. The lowest BCUT2D eigenvalue weighted by Crippen LogP contribution is -2.65. The number of aromatic hydroxyl groups is 2. The molecule has 0 bridgehead atoms. The fourth-order valence-electron chi connectivity index (χ4n) is 14.6. The molecule has 8 rings (SSSR count).